The molecule has 4 heteroatoms. The molecule has 0 spiro atoms. The van der Waals surface area contributed by atoms with Crippen LogP contribution in [0.5, 0.6) is 0 Å². The topological polar surface area (TPSA) is 55.1 Å². The first-order valence-corrected chi connectivity index (χ1v) is 8.62. The number of nitrogens with two attached hydrogens (primary N) is 1. The molecule has 0 radical (unpaired) electrons. The number of rotatable bonds is 3. The van der Waals surface area contributed by atoms with Gasteiger partial charge in [0.15, 0.2) is 0 Å². The van der Waals surface area contributed by atoms with E-state index in [9.17, 15) is 4.79 Å². The average molecular weight is 315 g/mol. The molecule has 122 valence electrons. The first kappa shape index (κ1) is 17.1. The lowest BCUT2D eigenvalue weighted by atomic mass is 9.79. The Bertz CT molecular complexity index is 364. The van der Waals surface area contributed by atoms with E-state index in [1.165, 1.54) is 32.1 Å². The lowest BCUT2D eigenvalue weighted by molar-refractivity contribution is -0.128. The standard InChI is InChI=1S/C17H30N2O.ClH/c1-10(2)11-5-7-14(8-6-11)19-17(20)15-12-3-4-13(9-12)16(15)18;/h10-16H,3-9,18H2,1-2H3,(H,19,20);1H. The minimum Gasteiger partial charge on any atom is -0.353 e. The number of halogens is 1. The van der Waals surface area contributed by atoms with Crippen LogP contribution >= 0.6 is 12.4 Å². The maximum atomic E-state index is 12.5. The molecule has 3 N–H and O–H groups in total. The van der Waals surface area contributed by atoms with Crippen LogP contribution in [-0.4, -0.2) is 18.0 Å². The molecule has 3 nitrogen and oxygen atoms in total. The van der Waals surface area contributed by atoms with Crippen molar-refractivity contribution in [2.45, 2.75) is 70.9 Å². The van der Waals surface area contributed by atoms with Crippen LogP contribution in [0.3, 0.4) is 0 Å². The van der Waals surface area contributed by atoms with Crippen molar-refractivity contribution in [3.8, 4) is 0 Å². The number of hydrogen-bond acceptors (Lipinski definition) is 2. The van der Waals surface area contributed by atoms with Gasteiger partial charge in [0, 0.05) is 12.1 Å². The van der Waals surface area contributed by atoms with E-state index >= 15 is 0 Å². The smallest absolute Gasteiger partial charge is 0.225 e. The molecule has 3 saturated carbocycles. The molecule has 4 atom stereocenters. The van der Waals surface area contributed by atoms with Crippen LogP contribution in [0.1, 0.15) is 58.8 Å². The Balaban J connectivity index is 0.00000161. The van der Waals surface area contributed by atoms with E-state index in [4.69, 9.17) is 5.73 Å². The predicted molar refractivity (Wildman–Crippen MR) is 88.3 cm³/mol. The van der Waals surface area contributed by atoms with E-state index < -0.39 is 0 Å². The molecule has 0 aliphatic heterocycles. The summed E-state index contributed by atoms with van der Waals surface area (Å²) in [5.74, 6) is 3.20. The van der Waals surface area contributed by atoms with Crippen molar-refractivity contribution in [1.82, 2.24) is 5.32 Å². The predicted octanol–water partition coefficient (Wildman–Crippen LogP) is 3.11. The molecule has 1 amide bonds. The van der Waals surface area contributed by atoms with Crippen LogP contribution in [-0.2, 0) is 4.79 Å². The van der Waals surface area contributed by atoms with Crippen LogP contribution < -0.4 is 11.1 Å². The number of nitrogens with one attached hydrogen (secondary N) is 1. The summed E-state index contributed by atoms with van der Waals surface area (Å²) >= 11 is 0. The summed E-state index contributed by atoms with van der Waals surface area (Å²) in [5, 5.41) is 3.32. The number of hydrogen-bond donors (Lipinski definition) is 2. The van der Waals surface area contributed by atoms with Gasteiger partial charge in [-0.15, -0.1) is 12.4 Å². The summed E-state index contributed by atoms with van der Waals surface area (Å²) in [5.41, 5.74) is 6.27. The molecular formula is C17H31ClN2O. The van der Waals surface area contributed by atoms with E-state index in [0.29, 0.717) is 17.9 Å². The zero-order valence-corrected chi connectivity index (χ0v) is 14.2. The zero-order valence-electron chi connectivity index (χ0n) is 13.4. The zero-order chi connectivity index (χ0) is 14.3. The van der Waals surface area contributed by atoms with Gasteiger partial charge in [-0.3, -0.25) is 4.79 Å². The molecule has 0 aromatic carbocycles. The SMILES string of the molecule is CC(C)C1CCC(NC(=O)C2C3CCC(C3)C2N)CC1.Cl. The van der Waals surface area contributed by atoms with Gasteiger partial charge in [0.05, 0.1) is 5.92 Å². The summed E-state index contributed by atoms with van der Waals surface area (Å²) in [4.78, 5) is 12.5. The normalized spacial score (nSPS) is 41.9. The maximum absolute atomic E-state index is 12.5. The Morgan fingerprint density at radius 2 is 1.67 bits per heavy atom. The minimum absolute atomic E-state index is 0. The fourth-order valence-electron chi connectivity index (χ4n) is 4.95. The summed E-state index contributed by atoms with van der Waals surface area (Å²) in [6.07, 6.45) is 8.51. The second kappa shape index (κ2) is 6.87. The fourth-order valence-corrected chi connectivity index (χ4v) is 4.95. The molecule has 2 bridgehead atoms. The van der Waals surface area contributed by atoms with Gasteiger partial charge in [-0.1, -0.05) is 13.8 Å². The van der Waals surface area contributed by atoms with E-state index in [-0.39, 0.29) is 30.3 Å². The minimum atomic E-state index is 0. The number of amides is 1. The van der Waals surface area contributed by atoms with Gasteiger partial charge in [0.1, 0.15) is 0 Å². The maximum Gasteiger partial charge on any atom is 0.225 e. The highest BCUT2D eigenvalue weighted by atomic mass is 35.5. The number of fused-ring (bicyclic) bond motifs is 2. The molecule has 3 rings (SSSR count). The first-order valence-electron chi connectivity index (χ1n) is 8.62. The van der Waals surface area contributed by atoms with Crippen LogP contribution in [0.2, 0.25) is 0 Å². The van der Waals surface area contributed by atoms with Crippen molar-refractivity contribution in [2.24, 2.45) is 35.3 Å². The van der Waals surface area contributed by atoms with Gasteiger partial charge in [-0.05, 0) is 68.6 Å². The van der Waals surface area contributed by atoms with Crippen molar-refractivity contribution < 1.29 is 4.79 Å². The van der Waals surface area contributed by atoms with E-state index in [0.717, 1.165) is 24.7 Å². The van der Waals surface area contributed by atoms with Gasteiger partial charge in [-0.25, -0.2) is 0 Å². The van der Waals surface area contributed by atoms with Gasteiger partial charge < -0.3 is 11.1 Å². The van der Waals surface area contributed by atoms with Crippen LogP contribution in [0.25, 0.3) is 0 Å². The van der Waals surface area contributed by atoms with Gasteiger partial charge in [0.25, 0.3) is 0 Å². The molecule has 0 heterocycles. The Morgan fingerprint density at radius 3 is 2.19 bits per heavy atom. The Kier molecular flexibility index (Phi) is 5.59. The molecule has 0 saturated heterocycles. The van der Waals surface area contributed by atoms with Gasteiger partial charge >= 0.3 is 0 Å². The fraction of sp³-hybridized carbons (Fsp3) is 0.941. The Labute approximate surface area is 135 Å². The highest BCUT2D eigenvalue weighted by Crippen LogP contribution is 2.47. The quantitative estimate of drug-likeness (QED) is 0.841. The Hall–Kier alpha value is -0.280. The van der Waals surface area contributed by atoms with Crippen molar-refractivity contribution in [3.05, 3.63) is 0 Å². The van der Waals surface area contributed by atoms with Gasteiger partial charge in [0.2, 0.25) is 5.91 Å². The molecule has 0 aromatic heterocycles. The third-order valence-corrected chi connectivity index (χ3v) is 6.34. The molecule has 3 aliphatic carbocycles. The highest BCUT2D eigenvalue weighted by Gasteiger charge is 2.49. The monoisotopic (exact) mass is 314 g/mol. The first-order chi connectivity index (χ1) is 9.56. The third kappa shape index (κ3) is 3.39. The second-order valence-electron chi connectivity index (χ2n) is 7.80. The van der Waals surface area contributed by atoms with Gasteiger partial charge in [-0.2, -0.15) is 0 Å². The second-order valence-corrected chi connectivity index (χ2v) is 7.80. The molecule has 21 heavy (non-hydrogen) atoms. The lowest BCUT2D eigenvalue weighted by Crippen LogP contribution is -2.48. The van der Waals surface area contributed by atoms with Crippen molar-refractivity contribution in [2.75, 3.05) is 0 Å². The van der Waals surface area contributed by atoms with Crippen LogP contribution in [0, 0.1) is 29.6 Å². The van der Waals surface area contributed by atoms with Crippen molar-refractivity contribution in [1.29, 1.82) is 0 Å². The molecule has 3 fully saturated rings. The highest BCUT2D eigenvalue weighted by molar-refractivity contribution is 5.85. The molecular weight excluding hydrogens is 284 g/mol. The van der Waals surface area contributed by atoms with Crippen LogP contribution in [0.15, 0.2) is 0 Å². The van der Waals surface area contributed by atoms with Crippen molar-refractivity contribution in [3.63, 3.8) is 0 Å². The summed E-state index contributed by atoms with van der Waals surface area (Å²) < 4.78 is 0. The molecule has 0 aromatic rings. The number of carbonyl (C=O) groups is 1. The third-order valence-electron chi connectivity index (χ3n) is 6.34. The summed E-state index contributed by atoms with van der Waals surface area (Å²) in [6.45, 7) is 4.63. The van der Waals surface area contributed by atoms with E-state index in [1.807, 2.05) is 0 Å². The van der Waals surface area contributed by atoms with Crippen LogP contribution in [0.4, 0.5) is 0 Å². The largest absolute Gasteiger partial charge is 0.353 e. The Morgan fingerprint density at radius 1 is 1.05 bits per heavy atom. The molecule has 3 aliphatic rings. The summed E-state index contributed by atoms with van der Waals surface area (Å²) in [7, 11) is 0. The summed E-state index contributed by atoms with van der Waals surface area (Å²) in [6, 6.07) is 0.532. The van der Waals surface area contributed by atoms with E-state index in [1.54, 1.807) is 0 Å². The average Bonchev–Trinajstić information content (AvgIpc) is 2.99. The molecule has 4 unspecified atom stereocenters. The number of carbonyl (C=O) groups excluding carboxylic acids is 1. The van der Waals surface area contributed by atoms with Crippen molar-refractivity contribution >= 4 is 18.3 Å². The lowest BCUT2D eigenvalue weighted by Gasteiger charge is -2.33. The van der Waals surface area contributed by atoms with E-state index in [2.05, 4.69) is 19.2 Å².